The van der Waals surface area contributed by atoms with Gasteiger partial charge in [-0.05, 0) is 6.42 Å². The van der Waals surface area contributed by atoms with E-state index in [2.05, 4.69) is 46.6 Å². The van der Waals surface area contributed by atoms with E-state index < -0.39 is 0 Å². The lowest BCUT2D eigenvalue weighted by Gasteiger charge is -2.15. The van der Waals surface area contributed by atoms with Crippen molar-refractivity contribution in [2.45, 2.75) is 39.2 Å². The summed E-state index contributed by atoms with van der Waals surface area (Å²) in [6.07, 6.45) is 1.11. The van der Waals surface area contributed by atoms with Crippen molar-refractivity contribution in [1.82, 2.24) is 20.8 Å². The van der Waals surface area contributed by atoms with Gasteiger partial charge in [0.25, 0.3) is 0 Å². The van der Waals surface area contributed by atoms with Gasteiger partial charge < -0.3 is 10.6 Å². The van der Waals surface area contributed by atoms with Crippen LogP contribution in [0.25, 0.3) is 0 Å². The SMILES string of the molecule is CC(C)(C)c1nnc(CNC2=NCCCN2)s1.I. The van der Waals surface area contributed by atoms with Crippen LogP contribution in [0.3, 0.4) is 0 Å². The van der Waals surface area contributed by atoms with Gasteiger partial charge in [0.05, 0.1) is 6.54 Å². The zero-order chi connectivity index (χ0) is 12.3. The van der Waals surface area contributed by atoms with E-state index in [1.54, 1.807) is 11.3 Å². The number of guanidine groups is 1. The van der Waals surface area contributed by atoms with E-state index in [9.17, 15) is 0 Å². The second-order valence-corrected chi connectivity index (χ2v) is 6.18. The first-order valence-corrected chi connectivity index (χ1v) is 6.72. The molecular weight excluding hydrogens is 361 g/mol. The Kier molecular flexibility index (Phi) is 5.77. The van der Waals surface area contributed by atoms with Crippen LogP contribution in [0.15, 0.2) is 4.99 Å². The zero-order valence-corrected chi connectivity index (χ0v) is 14.1. The molecule has 1 aromatic rings. The summed E-state index contributed by atoms with van der Waals surface area (Å²) in [5.74, 6) is 0.878. The molecule has 0 atom stereocenters. The van der Waals surface area contributed by atoms with Gasteiger partial charge in [-0.25, -0.2) is 0 Å². The summed E-state index contributed by atoms with van der Waals surface area (Å²) in [5, 5.41) is 17.0. The molecular formula is C11H20IN5S. The van der Waals surface area contributed by atoms with Gasteiger partial charge in [0.1, 0.15) is 10.0 Å². The molecule has 0 amide bonds. The molecule has 0 unspecified atom stereocenters. The summed E-state index contributed by atoms with van der Waals surface area (Å²) in [6.45, 7) is 9.04. The molecule has 1 aliphatic rings. The van der Waals surface area contributed by atoms with Crippen LogP contribution in [-0.2, 0) is 12.0 Å². The molecule has 0 bridgehead atoms. The van der Waals surface area contributed by atoms with E-state index in [1.807, 2.05) is 0 Å². The Balaban J connectivity index is 0.00000162. The first kappa shape index (κ1) is 15.6. The van der Waals surface area contributed by atoms with Crippen LogP contribution in [0.2, 0.25) is 0 Å². The lowest BCUT2D eigenvalue weighted by Crippen LogP contribution is -2.40. The predicted molar refractivity (Wildman–Crippen MR) is 85.8 cm³/mol. The first-order chi connectivity index (χ1) is 8.05. The van der Waals surface area contributed by atoms with Crippen molar-refractivity contribution in [3.63, 3.8) is 0 Å². The first-order valence-electron chi connectivity index (χ1n) is 5.91. The van der Waals surface area contributed by atoms with Crippen LogP contribution >= 0.6 is 35.3 Å². The third-order valence-electron chi connectivity index (χ3n) is 2.41. The van der Waals surface area contributed by atoms with Crippen LogP contribution in [-0.4, -0.2) is 29.2 Å². The number of aliphatic imine (C=N–C) groups is 1. The number of rotatable bonds is 2. The maximum absolute atomic E-state index is 4.35. The molecule has 1 aromatic heterocycles. The van der Waals surface area contributed by atoms with Gasteiger partial charge in [-0.15, -0.1) is 34.2 Å². The topological polar surface area (TPSA) is 62.2 Å². The minimum absolute atomic E-state index is 0. The normalized spacial score (nSPS) is 15.4. The van der Waals surface area contributed by atoms with Crippen LogP contribution in [0.1, 0.15) is 37.2 Å². The van der Waals surface area contributed by atoms with Gasteiger partial charge in [-0.3, -0.25) is 4.99 Å². The molecule has 7 heteroatoms. The Hall–Kier alpha value is -0.440. The van der Waals surface area contributed by atoms with Crippen molar-refractivity contribution in [3.05, 3.63) is 10.0 Å². The Morgan fingerprint density at radius 2 is 2.11 bits per heavy atom. The van der Waals surface area contributed by atoms with Gasteiger partial charge in [0.15, 0.2) is 5.96 Å². The minimum atomic E-state index is 0. The van der Waals surface area contributed by atoms with E-state index in [-0.39, 0.29) is 29.4 Å². The Bertz CT molecular complexity index is 410. The van der Waals surface area contributed by atoms with Gasteiger partial charge in [-0.2, -0.15) is 0 Å². The molecule has 0 spiro atoms. The number of halogens is 1. The van der Waals surface area contributed by atoms with Crippen molar-refractivity contribution in [3.8, 4) is 0 Å². The maximum Gasteiger partial charge on any atom is 0.191 e. The summed E-state index contributed by atoms with van der Waals surface area (Å²) in [6, 6.07) is 0. The fraction of sp³-hybridized carbons (Fsp3) is 0.727. The lowest BCUT2D eigenvalue weighted by molar-refractivity contribution is 0.577. The highest BCUT2D eigenvalue weighted by atomic mass is 127. The molecule has 0 saturated carbocycles. The van der Waals surface area contributed by atoms with Crippen molar-refractivity contribution in [2.75, 3.05) is 13.1 Å². The summed E-state index contributed by atoms with van der Waals surface area (Å²) < 4.78 is 0. The molecule has 1 aliphatic heterocycles. The second kappa shape index (κ2) is 6.65. The van der Waals surface area contributed by atoms with Gasteiger partial charge in [0, 0.05) is 18.5 Å². The van der Waals surface area contributed by atoms with Crippen LogP contribution < -0.4 is 10.6 Å². The molecule has 2 N–H and O–H groups in total. The lowest BCUT2D eigenvalue weighted by atomic mass is 9.98. The van der Waals surface area contributed by atoms with Crippen molar-refractivity contribution in [2.24, 2.45) is 4.99 Å². The third kappa shape index (κ3) is 4.34. The quantitative estimate of drug-likeness (QED) is 0.769. The molecule has 2 rings (SSSR count). The third-order valence-corrected chi connectivity index (χ3v) is 3.76. The van der Waals surface area contributed by atoms with Crippen molar-refractivity contribution in [1.29, 1.82) is 0 Å². The Morgan fingerprint density at radius 1 is 1.33 bits per heavy atom. The van der Waals surface area contributed by atoms with Gasteiger partial charge >= 0.3 is 0 Å². The summed E-state index contributed by atoms with van der Waals surface area (Å²) in [4.78, 5) is 4.35. The van der Waals surface area contributed by atoms with Crippen molar-refractivity contribution < 1.29 is 0 Å². The van der Waals surface area contributed by atoms with Crippen LogP contribution in [0.4, 0.5) is 0 Å². The number of aromatic nitrogens is 2. The van der Waals surface area contributed by atoms with Crippen molar-refractivity contribution >= 4 is 41.3 Å². The summed E-state index contributed by atoms with van der Waals surface area (Å²) >= 11 is 1.66. The number of nitrogens with one attached hydrogen (secondary N) is 2. The molecule has 0 saturated heterocycles. The standard InChI is InChI=1S/C11H19N5S.HI/c1-11(2,3)9-16-15-8(17-9)7-14-10-12-5-4-6-13-10;/h4-7H2,1-3H3,(H2,12,13,14);1H. The summed E-state index contributed by atoms with van der Waals surface area (Å²) in [5.41, 5.74) is 0.0799. The summed E-state index contributed by atoms with van der Waals surface area (Å²) in [7, 11) is 0. The molecule has 0 aliphatic carbocycles. The zero-order valence-electron chi connectivity index (χ0n) is 11.0. The number of hydrogen-bond donors (Lipinski definition) is 2. The highest BCUT2D eigenvalue weighted by molar-refractivity contribution is 14.0. The van der Waals surface area contributed by atoms with E-state index in [0.717, 1.165) is 35.5 Å². The van der Waals surface area contributed by atoms with Crippen LogP contribution in [0, 0.1) is 0 Å². The minimum Gasteiger partial charge on any atom is -0.356 e. The largest absolute Gasteiger partial charge is 0.356 e. The molecule has 18 heavy (non-hydrogen) atoms. The molecule has 5 nitrogen and oxygen atoms in total. The molecule has 0 aromatic carbocycles. The Morgan fingerprint density at radius 3 is 2.67 bits per heavy atom. The van der Waals surface area contributed by atoms with Gasteiger partial charge in [0.2, 0.25) is 0 Å². The highest BCUT2D eigenvalue weighted by Gasteiger charge is 2.19. The average Bonchev–Trinajstić information content (AvgIpc) is 2.76. The van der Waals surface area contributed by atoms with E-state index in [0.29, 0.717) is 6.54 Å². The second-order valence-electron chi connectivity index (χ2n) is 5.12. The van der Waals surface area contributed by atoms with E-state index >= 15 is 0 Å². The Labute approximate surface area is 129 Å². The van der Waals surface area contributed by atoms with Crippen LogP contribution in [0.5, 0.6) is 0 Å². The fourth-order valence-electron chi connectivity index (χ4n) is 1.44. The maximum atomic E-state index is 4.35. The van der Waals surface area contributed by atoms with Gasteiger partial charge in [-0.1, -0.05) is 32.1 Å². The average molecular weight is 381 g/mol. The monoisotopic (exact) mass is 381 g/mol. The van der Waals surface area contributed by atoms with E-state index in [1.165, 1.54) is 0 Å². The smallest absolute Gasteiger partial charge is 0.191 e. The number of hydrogen-bond acceptors (Lipinski definition) is 6. The predicted octanol–water partition coefficient (Wildman–Crippen LogP) is 1.89. The molecule has 2 heterocycles. The number of nitrogens with zero attached hydrogens (tertiary/aromatic N) is 3. The van der Waals surface area contributed by atoms with E-state index in [4.69, 9.17) is 0 Å². The molecule has 0 fully saturated rings. The fourth-order valence-corrected chi connectivity index (χ4v) is 2.28. The molecule has 102 valence electrons. The highest BCUT2D eigenvalue weighted by Crippen LogP contribution is 2.25. The molecule has 0 radical (unpaired) electrons.